The molecule has 2 saturated heterocycles. The zero-order valence-electron chi connectivity index (χ0n) is 22.5. The Morgan fingerprint density at radius 2 is 1.90 bits per heavy atom. The van der Waals surface area contributed by atoms with Crippen LogP contribution in [0.5, 0.6) is 5.75 Å². The van der Waals surface area contributed by atoms with E-state index >= 15 is 0 Å². The van der Waals surface area contributed by atoms with Crippen molar-refractivity contribution in [2.24, 2.45) is 5.41 Å². The molecule has 2 aromatic carbocycles. The van der Waals surface area contributed by atoms with E-state index in [2.05, 4.69) is 20.5 Å². The summed E-state index contributed by atoms with van der Waals surface area (Å²) < 4.78 is 8.07. The highest BCUT2D eigenvalue weighted by Gasteiger charge is 2.41. The summed E-state index contributed by atoms with van der Waals surface area (Å²) in [5.74, 6) is 0.955. The van der Waals surface area contributed by atoms with Crippen LogP contribution in [0.15, 0.2) is 59.5 Å². The van der Waals surface area contributed by atoms with Crippen LogP contribution < -0.4 is 25.7 Å². The van der Waals surface area contributed by atoms with Gasteiger partial charge < -0.3 is 20.3 Å². The number of carbonyl (C=O) groups is 2. The average molecular weight is 569 g/mol. The number of hydrogen-bond acceptors (Lipinski definition) is 8. The summed E-state index contributed by atoms with van der Waals surface area (Å²) in [5, 5.41) is 6.19. The minimum atomic E-state index is -0.443. The normalized spacial score (nSPS) is 16.5. The van der Waals surface area contributed by atoms with Crippen LogP contribution in [0.2, 0.25) is 0 Å². The first-order chi connectivity index (χ1) is 19.9. The molecule has 0 saturated carbocycles. The number of aromatic nitrogens is 3. The van der Waals surface area contributed by atoms with E-state index in [0.29, 0.717) is 28.2 Å². The molecule has 0 unspecified atom stereocenters. The van der Waals surface area contributed by atoms with Crippen LogP contribution in [0.4, 0.5) is 5.95 Å². The van der Waals surface area contributed by atoms with Gasteiger partial charge in [-0.05, 0) is 48.1 Å². The molecule has 2 aliphatic rings. The number of pyridine rings is 1. The number of nitrogens with zero attached hydrogens (tertiary/aromatic N) is 4. The van der Waals surface area contributed by atoms with Gasteiger partial charge in [-0.15, -0.1) is 11.3 Å². The number of amides is 2. The molecule has 0 atom stereocenters. The van der Waals surface area contributed by atoms with E-state index in [1.807, 2.05) is 52.9 Å². The number of anilines is 1. The zero-order chi connectivity index (χ0) is 28.1. The van der Waals surface area contributed by atoms with Crippen LogP contribution >= 0.6 is 11.3 Å². The van der Waals surface area contributed by atoms with Gasteiger partial charge >= 0.3 is 0 Å². The first-order valence-corrected chi connectivity index (χ1v) is 14.4. The fourth-order valence-electron chi connectivity index (χ4n) is 5.94. The summed E-state index contributed by atoms with van der Waals surface area (Å²) in [4.78, 5) is 51.4. The molecule has 41 heavy (non-hydrogen) atoms. The summed E-state index contributed by atoms with van der Waals surface area (Å²) in [6.07, 6.45) is 3.86. The molecule has 2 aliphatic heterocycles. The average Bonchev–Trinajstić information content (AvgIpc) is 3.56. The second-order valence-electron chi connectivity index (χ2n) is 10.8. The molecule has 5 aromatic rings. The van der Waals surface area contributed by atoms with Crippen molar-refractivity contribution in [3.63, 3.8) is 0 Å². The highest BCUT2D eigenvalue weighted by atomic mass is 32.1. The Morgan fingerprint density at radius 3 is 2.63 bits per heavy atom. The largest absolute Gasteiger partial charge is 0.497 e. The van der Waals surface area contributed by atoms with E-state index < -0.39 is 11.3 Å². The van der Waals surface area contributed by atoms with E-state index in [9.17, 15) is 14.4 Å². The quantitative estimate of drug-likeness (QED) is 0.333. The lowest BCUT2D eigenvalue weighted by molar-refractivity contribution is -0.119. The molecule has 2 N–H and O–H groups in total. The van der Waals surface area contributed by atoms with Crippen molar-refractivity contribution in [3.8, 4) is 5.75 Å². The van der Waals surface area contributed by atoms with Crippen molar-refractivity contribution in [2.45, 2.75) is 25.8 Å². The van der Waals surface area contributed by atoms with Gasteiger partial charge in [-0.3, -0.25) is 18.8 Å². The van der Waals surface area contributed by atoms with E-state index in [-0.39, 0.29) is 23.4 Å². The number of thiazole rings is 1. The Labute approximate surface area is 239 Å². The Bertz CT molecular complexity index is 1890. The molecule has 0 aliphatic carbocycles. The molecule has 3 aromatic heterocycles. The molecular weight excluding hydrogens is 540 g/mol. The van der Waals surface area contributed by atoms with Gasteiger partial charge in [0.2, 0.25) is 17.3 Å². The number of fused-ring (bicyclic) bond motifs is 5. The highest BCUT2D eigenvalue weighted by Crippen LogP contribution is 2.38. The molecule has 10 nitrogen and oxygen atoms in total. The minimum absolute atomic E-state index is 0.00623. The molecule has 1 spiro atoms. The molecule has 2 amide bonds. The lowest BCUT2D eigenvalue weighted by Crippen LogP contribution is -2.42. The van der Waals surface area contributed by atoms with Crippen molar-refractivity contribution in [2.75, 3.05) is 31.6 Å². The molecule has 5 heterocycles. The summed E-state index contributed by atoms with van der Waals surface area (Å²) in [6, 6.07) is 15.2. The third-order valence-corrected chi connectivity index (χ3v) is 9.46. The fourth-order valence-corrected chi connectivity index (χ4v) is 7.12. The molecule has 11 heteroatoms. The number of nitrogens with one attached hydrogen (secondary N) is 2. The lowest BCUT2D eigenvalue weighted by Gasteiger charge is -2.38. The van der Waals surface area contributed by atoms with Gasteiger partial charge in [0, 0.05) is 38.8 Å². The van der Waals surface area contributed by atoms with Crippen molar-refractivity contribution in [3.05, 3.63) is 76.1 Å². The maximum absolute atomic E-state index is 13.8. The smallest absolute Gasteiger partial charge is 0.258 e. The second-order valence-corrected chi connectivity index (χ2v) is 11.8. The van der Waals surface area contributed by atoms with Crippen LogP contribution in [0.25, 0.3) is 26.1 Å². The number of piperidine rings is 1. The highest BCUT2D eigenvalue weighted by molar-refractivity contribution is 7.24. The number of methoxy groups -OCH3 is 1. The number of rotatable bonds is 5. The van der Waals surface area contributed by atoms with Gasteiger partial charge in [-0.25, -0.2) is 4.98 Å². The second kappa shape index (κ2) is 9.84. The van der Waals surface area contributed by atoms with Crippen LogP contribution in [-0.2, 0) is 11.3 Å². The Kier molecular flexibility index (Phi) is 6.11. The summed E-state index contributed by atoms with van der Waals surface area (Å²) >= 11 is 1.40. The predicted octanol–water partition coefficient (Wildman–Crippen LogP) is 3.50. The first kappa shape index (κ1) is 25.5. The standard InChI is InChI=1S/C30H28N6O4S/c1-40-19-8-6-18(7-9-19)15-31-27(39)24-25(38)20-16-32-29(35-12-10-30(11-13-35)14-23(37)33-17-30)34-26(20)36-21-4-2-3-5-22(21)41-28(24)36/h2-9,16H,10-15,17H2,1H3,(H,31,39)(H,33,37). The monoisotopic (exact) mass is 568 g/mol. The molecule has 7 rings (SSSR count). The topological polar surface area (TPSA) is 118 Å². The zero-order valence-corrected chi connectivity index (χ0v) is 23.3. The Morgan fingerprint density at radius 1 is 1.12 bits per heavy atom. The maximum atomic E-state index is 13.8. The molecule has 0 bridgehead atoms. The van der Waals surface area contributed by atoms with E-state index in [0.717, 1.165) is 54.0 Å². The van der Waals surface area contributed by atoms with Gasteiger partial charge in [0.05, 0.1) is 22.7 Å². The number of hydrogen-bond donors (Lipinski definition) is 2. The van der Waals surface area contributed by atoms with Crippen LogP contribution in [0, 0.1) is 5.41 Å². The number of carbonyl (C=O) groups excluding carboxylic acids is 2. The molecular formula is C30H28N6O4S. The number of benzene rings is 2. The van der Waals surface area contributed by atoms with Crippen molar-refractivity contribution in [1.82, 2.24) is 25.0 Å². The van der Waals surface area contributed by atoms with Crippen LogP contribution in [0.1, 0.15) is 35.2 Å². The van der Waals surface area contributed by atoms with Gasteiger partial charge in [-0.2, -0.15) is 4.98 Å². The van der Waals surface area contributed by atoms with E-state index in [1.54, 1.807) is 13.3 Å². The Balaban J connectivity index is 1.27. The summed E-state index contributed by atoms with van der Waals surface area (Å²) in [6.45, 7) is 2.45. The Hall–Kier alpha value is -4.51. The van der Waals surface area contributed by atoms with E-state index in [1.165, 1.54) is 11.3 Å². The van der Waals surface area contributed by atoms with Crippen molar-refractivity contribution in [1.29, 1.82) is 0 Å². The van der Waals surface area contributed by atoms with E-state index in [4.69, 9.17) is 9.72 Å². The van der Waals surface area contributed by atoms with Gasteiger partial charge in [0.25, 0.3) is 5.91 Å². The third-order valence-electron chi connectivity index (χ3n) is 8.31. The minimum Gasteiger partial charge on any atom is -0.497 e. The van der Waals surface area contributed by atoms with Crippen molar-refractivity contribution >= 4 is 55.2 Å². The molecule has 2 fully saturated rings. The molecule has 208 valence electrons. The predicted molar refractivity (Wildman–Crippen MR) is 158 cm³/mol. The molecule has 0 radical (unpaired) electrons. The summed E-state index contributed by atoms with van der Waals surface area (Å²) in [7, 11) is 1.60. The van der Waals surface area contributed by atoms with Gasteiger partial charge in [0.1, 0.15) is 16.1 Å². The van der Waals surface area contributed by atoms with Crippen LogP contribution in [-0.4, -0.2) is 52.9 Å². The van der Waals surface area contributed by atoms with Gasteiger partial charge in [0.15, 0.2) is 5.65 Å². The van der Waals surface area contributed by atoms with Crippen LogP contribution in [0.3, 0.4) is 0 Å². The van der Waals surface area contributed by atoms with Gasteiger partial charge in [-0.1, -0.05) is 24.3 Å². The van der Waals surface area contributed by atoms with Crippen molar-refractivity contribution < 1.29 is 14.3 Å². The summed E-state index contributed by atoms with van der Waals surface area (Å²) in [5.41, 5.74) is 1.95. The fraction of sp³-hybridized carbons (Fsp3) is 0.300. The SMILES string of the molecule is COc1ccc(CNC(=O)c2c(=O)c3cnc(N4CCC5(CC4)CNC(=O)C5)nc3n3c2sc2ccccc23)cc1. The maximum Gasteiger partial charge on any atom is 0.258 e. The third kappa shape index (κ3) is 4.37. The number of ether oxygens (including phenoxy) is 1. The number of para-hydroxylation sites is 1. The first-order valence-electron chi connectivity index (χ1n) is 13.6. The lowest BCUT2D eigenvalue weighted by atomic mass is 9.78.